The molecule has 0 aliphatic rings. The number of ketones is 2. The predicted molar refractivity (Wildman–Crippen MR) is 87.2 cm³/mol. The average molecular weight is 325 g/mol. The van der Waals surface area contributed by atoms with Gasteiger partial charge in [0.15, 0.2) is 11.6 Å². The van der Waals surface area contributed by atoms with Gasteiger partial charge in [0.1, 0.15) is 11.4 Å². The summed E-state index contributed by atoms with van der Waals surface area (Å²) >= 11 is 0. The number of anilines is 1. The Labute approximate surface area is 137 Å². The third kappa shape index (κ3) is 3.89. The Morgan fingerprint density at radius 2 is 1.46 bits per heavy atom. The lowest BCUT2D eigenvalue weighted by Gasteiger charge is -2.09. The molecule has 1 heterocycles. The zero-order chi connectivity index (χ0) is 17.9. The van der Waals surface area contributed by atoms with Gasteiger partial charge >= 0.3 is 0 Å². The largest absolute Gasteiger partial charge is 0.364 e. The molecule has 1 aromatic carbocycles. The number of primary amides is 1. The van der Waals surface area contributed by atoms with Crippen molar-refractivity contribution in [3.05, 3.63) is 58.9 Å². The quantitative estimate of drug-likeness (QED) is 0.813. The number of rotatable bonds is 5. The van der Waals surface area contributed by atoms with Gasteiger partial charge in [0.05, 0.1) is 0 Å². The smallest absolute Gasteiger partial charge is 0.274 e. The third-order valence-corrected chi connectivity index (χ3v) is 3.24. The van der Waals surface area contributed by atoms with Crippen LogP contribution < -0.4 is 11.1 Å². The van der Waals surface area contributed by atoms with E-state index in [0.717, 1.165) is 0 Å². The summed E-state index contributed by atoms with van der Waals surface area (Å²) in [4.78, 5) is 50.4. The highest BCUT2D eigenvalue weighted by Gasteiger charge is 2.13. The molecule has 0 saturated carbocycles. The monoisotopic (exact) mass is 325 g/mol. The predicted octanol–water partition coefficient (Wildman–Crippen LogP) is 1.84. The fourth-order valence-corrected chi connectivity index (χ4v) is 2.00. The molecule has 7 heteroatoms. The van der Waals surface area contributed by atoms with Gasteiger partial charge in [-0.3, -0.25) is 19.2 Å². The summed E-state index contributed by atoms with van der Waals surface area (Å²) in [5, 5.41) is 2.56. The van der Waals surface area contributed by atoms with E-state index in [0.29, 0.717) is 11.1 Å². The molecule has 122 valence electrons. The summed E-state index contributed by atoms with van der Waals surface area (Å²) < 4.78 is 0. The highest BCUT2D eigenvalue weighted by atomic mass is 16.2. The lowest BCUT2D eigenvalue weighted by molar-refractivity contribution is 0.0987. The van der Waals surface area contributed by atoms with Crippen molar-refractivity contribution in [1.29, 1.82) is 0 Å². The number of nitrogens with two attached hydrogens (primary N) is 1. The molecule has 3 N–H and O–H groups in total. The summed E-state index contributed by atoms with van der Waals surface area (Å²) in [6.07, 6.45) is 0. The Morgan fingerprint density at radius 1 is 0.917 bits per heavy atom. The molecule has 0 bridgehead atoms. The van der Waals surface area contributed by atoms with Gasteiger partial charge in [0, 0.05) is 16.8 Å². The number of amides is 2. The molecule has 7 nitrogen and oxygen atoms in total. The average Bonchev–Trinajstić information content (AvgIpc) is 2.54. The molecule has 0 fully saturated rings. The maximum atomic E-state index is 12.3. The van der Waals surface area contributed by atoms with Crippen LogP contribution in [0.15, 0.2) is 36.4 Å². The van der Waals surface area contributed by atoms with Crippen LogP contribution in [0.3, 0.4) is 0 Å². The SMILES string of the molecule is CC(=O)c1cc(NC(=O)c2cccc(C(N)=O)n2)cc(C(C)=O)c1. The van der Waals surface area contributed by atoms with Gasteiger partial charge in [0.25, 0.3) is 11.8 Å². The van der Waals surface area contributed by atoms with Gasteiger partial charge in [-0.05, 0) is 44.2 Å². The first kappa shape index (κ1) is 17.0. The van der Waals surface area contributed by atoms with Gasteiger partial charge in [-0.2, -0.15) is 0 Å². The fraction of sp³-hybridized carbons (Fsp3) is 0.118. The number of nitrogens with zero attached hydrogens (tertiary/aromatic N) is 1. The molecular weight excluding hydrogens is 310 g/mol. The highest BCUT2D eigenvalue weighted by molar-refractivity contribution is 6.06. The van der Waals surface area contributed by atoms with E-state index in [9.17, 15) is 19.2 Å². The number of pyridine rings is 1. The van der Waals surface area contributed by atoms with Crippen LogP contribution in [0.2, 0.25) is 0 Å². The molecule has 1 aromatic heterocycles. The second-order valence-corrected chi connectivity index (χ2v) is 5.14. The second-order valence-electron chi connectivity index (χ2n) is 5.14. The molecular formula is C17H15N3O4. The Bertz CT molecular complexity index is 826. The van der Waals surface area contributed by atoms with Crippen molar-refractivity contribution >= 4 is 29.1 Å². The minimum absolute atomic E-state index is 0.0103. The number of hydrogen-bond donors (Lipinski definition) is 2. The van der Waals surface area contributed by atoms with Crippen LogP contribution in [0, 0.1) is 0 Å². The number of nitrogens with one attached hydrogen (secondary N) is 1. The van der Waals surface area contributed by atoms with E-state index in [2.05, 4.69) is 10.3 Å². The number of carbonyl (C=O) groups excluding carboxylic acids is 4. The minimum Gasteiger partial charge on any atom is -0.364 e. The third-order valence-electron chi connectivity index (χ3n) is 3.24. The first-order valence-electron chi connectivity index (χ1n) is 7.03. The molecule has 0 spiro atoms. The molecule has 2 amide bonds. The molecule has 0 aliphatic heterocycles. The van der Waals surface area contributed by atoms with Crippen molar-refractivity contribution in [2.75, 3.05) is 5.32 Å². The van der Waals surface area contributed by atoms with E-state index in [4.69, 9.17) is 5.73 Å². The van der Waals surface area contributed by atoms with E-state index in [-0.39, 0.29) is 28.6 Å². The zero-order valence-electron chi connectivity index (χ0n) is 13.1. The lowest BCUT2D eigenvalue weighted by atomic mass is 10.0. The van der Waals surface area contributed by atoms with E-state index in [1.165, 1.54) is 50.2 Å². The first-order valence-corrected chi connectivity index (χ1v) is 7.03. The number of Topliss-reactive ketones (excluding diaryl/α,β-unsaturated/α-hetero) is 2. The molecule has 0 unspecified atom stereocenters. The van der Waals surface area contributed by atoms with Crippen molar-refractivity contribution in [3.63, 3.8) is 0 Å². The molecule has 0 aliphatic carbocycles. The Morgan fingerprint density at radius 3 is 1.96 bits per heavy atom. The van der Waals surface area contributed by atoms with E-state index >= 15 is 0 Å². The van der Waals surface area contributed by atoms with Crippen LogP contribution >= 0.6 is 0 Å². The van der Waals surface area contributed by atoms with Crippen molar-refractivity contribution in [2.45, 2.75) is 13.8 Å². The minimum atomic E-state index is -0.748. The zero-order valence-corrected chi connectivity index (χ0v) is 13.1. The van der Waals surface area contributed by atoms with Crippen LogP contribution in [-0.2, 0) is 0 Å². The van der Waals surface area contributed by atoms with Crippen molar-refractivity contribution in [3.8, 4) is 0 Å². The summed E-state index contributed by atoms with van der Waals surface area (Å²) in [6, 6.07) is 8.68. The van der Waals surface area contributed by atoms with E-state index < -0.39 is 11.8 Å². The van der Waals surface area contributed by atoms with Gasteiger partial charge < -0.3 is 11.1 Å². The van der Waals surface area contributed by atoms with Gasteiger partial charge in [-0.1, -0.05) is 6.07 Å². The Balaban J connectivity index is 2.34. The number of benzene rings is 1. The standard InChI is InChI=1S/C17H15N3O4/c1-9(21)11-6-12(10(2)22)8-13(7-11)19-17(24)15-5-3-4-14(20-15)16(18)23/h3-8H,1-2H3,(H2,18,23)(H,19,24). The first-order chi connectivity index (χ1) is 11.3. The van der Waals surface area contributed by atoms with Crippen molar-refractivity contribution in [2.24, 2.45) is 5.73 Å². The van der Waals surface area contributed by atoms with Crippen LogP contribution in [0.4, 0.5) is 5.69 Å². The van der Waals surface area contributed by atoms with Gasteiger partial charge in [-0.15, -0.1) is 0 Å². The summed E-state index contributed by atoms with van der Waals surface area (Å²) in [5.74, 6) is -1.81. The van der Waals surface area contributed by atoms with Crippen molar-refractivity contribution < 1.29 is 19.2 Å². The summed E-state index contributed by atoms with van der Waals surface area (Å²) in [5.41, 5.74) is 5.97. The van der Waals surface area contributed by atoms with Gasteiger partial charge in [-0.25, -0.2) is 4.98 Å². The highest BCUT2D eigenvalue weighted by Crippen LogP contribution is 2.17. The molecule has 24 heavy (non-hydrogen) atoms. The molecule has 2 aromatic rings. The van der Waals surface area contributed by atoms with Crippen LogP contribution in [0.25, 0.3) is 0 Å². The Hall–Kier alpha value is -3.35. The maximum absolute atomic E-state index is 12.3. The lowest BCUT2D eigenvalue weighted by Crippen LogP contribution is -2.18. The van der Waals surface area contributed by atoms with Crippen molar-refractivity contribution in [1.82, 2.24) is 4.98 Å². The molecule has 0 saturated heterocycles. The van der Waals surface area contributed by atoms with E-state index in [1.54, 1.807) is 0 Å². The maximum Gasteiger partial charge on any atom is 0.274 e. The van der Waals surface area contributed by atoms with E-state index in [1.807, 2.05) is 0 Å². The second kappa shape index (κ2) is 6.82. The van der Waals surface area contributed by atoms with Crippen LogP contribution in [-0.4, -0.2) is 28.4 Å². The Kier molecular flexibility index (Phi) is 4.84. The normalized spacial score (nSPS) is 10.1. The van der Waals surface area contributed by atoms with Crippen LogP contribution in [0.1, 0.15) is 55.5 Å². The summed E-state index contributed by atoms with van der Waals surface area (Å²) in [6.45, 7) is 2.73. The van der Waals surface area contributed by atoms with Gasteiger partial charge in [0.2, 0.25) is 0 Å². The molecule has 2 rings (SSSR count). The molecule has 0 radical (unpaired) electrons. The fourth-order valence-electron chi connectivity index (χ4n) is 2.00. The topological polar surface area (TPSA) is 119 Å². The summed E-state index contributed by atoms with van der Waals surface area (Å²) in [7, 11) is 0. The number of aromatic nitrogens is 1. The molecule has 0 atom stereocenters. The van der Waals surface area contributed by atoms with Crippen LogP contribution in [0.5, 0.6) is 0 Å². The number of carbonyl (C=O) groups is 4. The number of hydrogen-bond acceptors (Lipinski definition) is 5.